The van der Waals surface area contributed by atoms with Gasteiger partial charge in [0, 0.05) is 19.7 Å². The van der Waals surface area contributed by atoms with Crippen LogP contribution in [-0.4, -0.2) is 61.3 Å². The van der Waals surface area contributed by atoms with Crippen LogP contribution in [0.4, 0.5) is 0 Å². The molecular weight excluding hydrogens is 200 g/mol. The van der Waals surface area contributed by atoms with E-state index in [4.69, 9.17) is 5.11 Å². The highest BCUT2D eigenvalue weighted by atomic mass is 16.3. The van der Waals surface area contributed by atoms with Crippen LogP contribution in [0.5, 0.6) is 0 Å². The van der Waals surface area contributed by atoms with Gasteiger partial charge in [0.05, 0.1) is 0 Å². The Labute approximate surface area is 99.4 Å². The maximum atomic E-state index is 9.11. The molecule has 1 atom stereocenters. The molecule has 0 bridgehead atoms. The molecule has 0 aromatic heterocycles. The number of hydrogen-bond acceptors (Lipinski definition) is 3. The molecule has 1 unspecified atom stereocenters. The van der Waals surface area contributed by atoms with Crippen molar-refractivity contribution in [3.05, 3.63) is 0 Å². The van der Waals surface area contributed by atoms with E-state index in [9.17, 15) is 0 Å². The number of aliphatic hydroxyl groups excluding tert-OH is 1. The van der Waals surface area contributed by atoms with Gasteiger partial charge in [-0.1, -0.05) is 0 Å². The maximum Gasteiger partial charge on any atom is 0.0460 e. The van der Waals surface area contributed by atoms with Crippen molar-refractivity contribution < 1.29 is 5.11 Å². The van der Waals surface area contributed by atoms with Crippen LogP contribution in [0.3, 0.4) is 0 Å². The van der Waals surface area contributed by atoms with Crippen molar-refractivity contribution in [1.29, 1.82) is 0 Å². The molecule has 16 heavy (non-hydrogen) atoms. The summed E-state index contributed by atoms with van der Waals surface area (Å²) in [4.78, 5) is 5.07. The van der Waals surface area contributed by atoms with Crippen molar-refractivity contribution >= 4 is 0 Å². The summed E-state index contributed by atoms with van der Waals surface area (Å²) in [5.41, 5.74) is 0. The molecule has 3 heteroatoms. The van der Waals surface area contributed by atoms with Gasteiger partial charge in [0.1, 0.15) is 0 Å². The molecule has 2 rings (SSSR count). The Hall–Kier alpha value is -0.120. The summed E-state index contributed by atoms with van der Waals surface area (Å²) in [6.07, 6.45) is 5.16. The number of aliphatic hydroxyl groups is 1. The first-order valence-corrected chi connectivity index (χ1v) is 6.79. The molecule has 0 amide bonds. The molecule has 0 radical (unpaired) electrons. The lowest BCUT2D eigenvalue weighted by Gasteiger charge is -2.36. The largest absolute Gasteiger partial charge is 0.396 e. The average molecular weight is 226 g/mol. The summed E-state index contributed by atoms with van der Waals surface area (Å²) < 4.78 is 0. The molecule has 2 fully saturated rings. The van der Waals surface area contributed by atoms with Crippen LogP contribution in [0.2, 0.25) is 0 Å². The summed E-state index contributed by atoms with van der Waals surface area (Å²) in [6, 6.07) is 0. The minimum Gasteiger partial charge on any atom is -0.396 e. The van der Waals surface area contributed by atoms with Gasteiger partial charge in [-0.2, -0.15) is 0 Å². The Morgan fingerprint density at radius 2 is 1.81 bits per heavy atom. The summed E-state index contributed by atoms with van der Waals surface area (Å²) in [7, 11) is 2.24. The molecule has 2 heterocycles. The molecular formula is C13H26N2O. The third-order valence-corrected chi connectivity index (χ3v) is 4.20. The van der Waals surface area contributed by atoms with Crippen molar-refractivity contribution in [3.63, 3.8) is 0 Å². The van der Waals surface area contributed by atoms with E-state index >= 15 is 0 Å². The third kappa shape index (κ3) is 3.44. The topological polar surface area (TPSA) is 26.7 Å². The van der Waals surface area contributed by atoms with Gasteiger partial charge in [0.2, 0.25) is 0 Å². The first-order valence-electron chi connectivity index (χ1n) is 6.79. The van der Waals surface area contributed by atoms with E-state index in [1.807, 2.05) is 0 Å². The normalized spacial score (nSPS) is 30.8. The first kappa shape index (κ1) is 12.3. The lowest BCUT2D eigenvalue weighted by atomic mass is 9.94. The van der Waals surface area contributed by atoms with Gasteiger partial charge in [-0.25, -0.2) is 0 Å². The second-order valence-electron chi connectivity index (χ2n) is 5.70. The van der Waals surface area contributed by atoms with Crippen LogP contribution < -0.4 is 0 Å². The monoisotopic (exact) mass is 226 g/mol. The van der Waals surface area contributed by atoms with Crippen LogP contribution in [0.1, 0.15) is 25.7 Å². The van der Waals surface area contributed by atoms with E-state index < -0.39 is 0 Å². The maximum absolute atomic E-state index is 9.11. The SMILES string of the molecule is CN1CCCC(CN2CCC(CO)CC2)C1. The number of hydrogen-bond donors (Lipinski definition) is 1. The predicted molar refractivity (Wildman–Crippen MR) is 66.5 cm³/mol. The molecule has 2 aliphatic rings. The number of nitrogens with zero attached hydrogens (tertiary/aromatic N) is 2. The quantitative estimate of drug-likeness (QED) is 0.779. The standard InChI is InChI=1S/C13H26N2O/c1-14-6-2-3-13(9-14)10-15-7-4-12(11-16)5-8-15/h12-13,16H,2-11H2,1H3. The van der Waals surface area contributed by atoms with Gasteiger partial charge in [-0.05, 0) is 64.2 Å². The highest BCUT2D eigenvalue weighted by molar-refractivity contribution is 4.77. The van der Waals surface area contributed by atoms with Crippen LogP contribution >= 0.6 is 0 Å². The van der Waals surface area contributed by atoms with Gasteiger partial charge in [0.15, 0.2) is 0 Å². The number of likely N-dealkylation sites (tertiary alicyclic amines) is 2. The van der Waals surface area contributed by atoms with E-state index in [0.717, 1.165) is 5.92 Å². The molecule has 94 valence electrons. The third-order valence-electron chi connectivity index (χ3n) is 4.20. The highest BCUT2D eigenvalue weighted by Gasteiger charge is 2.23. The second kappa shape index (κ2) is 5.99. The summed E-state index contributed by atoms with van der Waals surface area (Å²) in [6.45, 7) is 6.63. The minimum atomic E-state index is 0.389. The van der Waals surface area contributed by atoms with Gasteiger partial charge in [-0.3, -0.25) is 0 Å². The fourth-order valence-electron chi connectivity index (χ4n) is 3.14. The Kier molecular flexibility index (Phi) is 4.62. The van der Waals surface area contributed by atoms with E-state index in [2.05, 4.69) is 16.8 Å². The van der Waals surface area contributed by atoms with Gasteiger partial charge >= 0.3 is 0 Å². The van der Waals surface area contributed by atoms with Crippen LogP contribution in [-0.2, 0) is 0 Å². The number of rotatable bonds is 3. The molecule has 0 saturated carbocycles. The first-order chi connectivity index (χ1) is 7.78. The van der Waals surface area contributed by atoms with E-state index in [0.29, 0.717) is 12.5 Å². The Morgan fingerprint density at radius 1 is 1.06 bits per heavy atom. The van der Waals surface area contributed by atoms with Crippen molar-refractivity contribution in [2.45, 2.75) is 25.7 Å². The molecule has 0 spiro atoms. The van der Waals surface area contributed by atoms with E-state index in [-0.39, 0.29) is 0 Å². The van der Waals surface area contributed by atoms with Crippen molar-refractivity contribution in [2.24, 2.45) is 11.8 Å². The number of piperidine rings is 2. The smallest absolute Gasteiger partial charge is 0.0460 e. The summed E-state index contributed by atoms with van der Waals surface area (Å²) >= 11 is 0. The van der Waals surface area contributed by atoms with Crippen LogP contribution in [0.15, 0.2) is 0 Å². The summed E-state index contributed by atoms with van der Waals surface area (Å²) in [5, 5.41) is 9.11. The van der Waals surface area contributed by atoms with Crippen molar-refractivity contribution in [3.8, 4) is 0 Å². The molecule has 0 aliphatic carbocycles. The highest BCUT2D eigenvalue weighted by Crippen LogP contribution is 2.21. The zero-order valence-corrected chi connectivity index (χ0v) is 10.6. The minimum absolute atomic E-state index is 0.389. The van der Waals surface area contributed by atoms with Gasteiger partial charge < -0.3 is 14.9 Å². The second-order valence-corrected chi connectivity index (χ2v) is 5.70. The van der Waals surface area contributed by atoms with Crippen molar-refractivity contribution in [1.82, 2.24) is 9.80 Å². The zero-order chi connectivity index (χ0) is 11.4. The van der Waals surface area contributed by atoms with Crippen LogP contribution in [0.25, 0.3) is 0 Å². The fraction of sp³-hybridized carbons (Fsp3) is 1.00. The molecule has 2 aliphatic heterocycles. The lowest BCUT2D eigenvalue weighted by molar-refractivity contribution is 0.0996. The Balaban J connectivity index is 1.69. The molecule has 0 aromatic rings. The Bertz CT molecular complexity index is 202. The van der Waals surface area contributed by atoms with E-state index in [1.54, 1.807) is 0 Å². The molecule has 0 aromatic carbocycles. The van der Waals surface area contributed by atoms with Crippen molar-refractivity contribution in [2.75, 3.05) is 46.4 Å². The fourth-order valence-corrected chi connectivity index (χ4v) is 3.14. The Morgan fingerprint density at radius 3 is 2.44 bits per heavy atom. The summed E-state index contributed by atoms with van der Waals surface area (Å²) in [5.74, 6) is 1.45. The molecule has 2 saturated heterocycles. The zero-order valence-electron chi connectivity index (χ0n) is 10.6. The van der Waals surface area contributed by atoms with Gasteiger partial charge in [0.25, 0.3) is 0 Å². The van der Waals surface area contributed by atoms with Gasteiger partial charge in [-0.15, -0.1) is 0 Å². The average Bonchev–Trinajstić information content (AvgIpc) is 2.30. The van der Waals surface area contributed by atoms with E-state index in [1.165, 1.54) is 58.4 Å². The molecule has 1 N–H and O–H groups in total. The molecule has 3 nitrogen and oxygen atoms in total. The van der Waals surface area contributed by atoms with Crippen LogP contribution in [0, 0.1) is 11.8 Å². The lowest BCUT2D eigenvalue weighted by Crippen LogP contribution is -2.42. The predicted octanol–water partition coefficient (Wildman–Crippen LogP) is 1.03.